The fourth-order valence-electron chi connectivity index (χ4n) is 1.60. The van der Waals surface area contributed by atoms with Crippen molar-refractivity contribution >= 4 is 21.6 Å². The number of carbonyl (C=O) groups is 1. The molecule has 1 aromatic rings. The molecule has 0 fully saturated rings. The van der Waals surface area contributed by atoms with Crippen molar-refractivity contribution in [2.45, 2.75) is 18.2 Å². The number of benzene rings is 1. The Balaban J connectivity index is 3.20. The van der Waals surface area contributed by atoms with E-state index in [1.807, 2.05) is 0 Å². The lowest BCUT2D eigenvalue weighted by atomic mass is 10.2. The van der Waals surface area contributed by atoms with E-state index in [1.165, 1.54) is 32.3 Å². The van der Waals surface area contributed by atoms with Gasteiger partial charge in [-0.25, -0.2) is 12.7 Å². The number of rotatable bonds is 7. The maximum absolute atomic E-state index is 12.1. The number of anilines is 1. The monoisotopic (exact) mass is 315 g/mol. The SMILES string of the molecule is CCOc1ccc(S(=O)(=O)N(C)C)cc1NC(=O)CCN. The number of hydrogen-bond donors (Lipinski definition) is 2. The summed E-state index contributed by atoms with van der Waals surface area (Å²) in [5.74, 6) is 0.124. The summed E-state index contributed by atoms with van der Waals surface area (Å²) < 4.78 is 30.7. The summed E-state index contributed by atoms with van der Waals surface area (Å²) in [7, 11) is -0.692. The van der Waals surface area contributed by atoms with Gasteiger partial charge in [0, 0.05) is 27.1 Å². The van der Waals surface area contributed by atoms with Crippen molar-refractivity contribution in [2.75, 3.05) is 32.6 Å². The van der Waals surface area contributed by atoms with Gasteiger partial charge in [-0.15, -0.1) is 0 Å². The predicted molar refractivity (Wildman–Crippen MR) is 80.8 cm³/mol. The highest BCUT2D eigenvalue weighted by molar-refractivity contribution is 7.89. The lowest BCUT2D eigenvalue weighted by Gasteiger charge is -2.15. The summed E-state index contributed by atoms with van der Waals surface area (Å²) in [6, 6.07) is 4.35. The van der Waals surface area contributed by atoms with Crippen LogP contribution in [-0.2, 0) is 14.8 Å². The van der Waals surface area contributed by atoms with Crippen LogP contribution < -0.4 is 15.8 Å². The molecule has 3 N–H and O–H groups in total. The van der Waals surface area contributed by atoms with E-state index in [0.717, 1.165) is 4.31 Å². The first-order chi connectivity index (χ1) is 9.82. The fraction of sp³-hybridized carbons (Fsp3) is 0.462. The molecular formula is C13H21N3O4S. The third-order valence-electron chi connectivity index (χ3n) is 2.67. The molecule has 8 heteroatoms. The quantitative estimate of drug-likeness (QED) is 0.768. The van der Waals surface area contributed by atoms with Crippen molar-refractivity contribution in [1.29, 1.82) is 0 Å². The van der Waals surface area contributed by atoms with Crippen LogP contribution in [0.15, 0.2) is 23.1 Å². The van der Waals surface area contributed by atoms with Gasteiger partial charge >= 0.3 is 0 Å². The molecule has 0 radical (unpaired) electrons. The zero-order valence-electron chi connectivity index (χ0n) is 12.4. The van der Waals surface area contributed by atoms with Gasteiger partial charge in [-0.3, -0.25) is 4.79 Å². The van der Waals surface area contributed by atoms with E-state index in [2.05, 4.69) is 5.32 Å². The second-order valence-electron chi connectivity index (χ2n) is 4.47. The number of nitrogens with zero attached hydrogens (tertiary/aromatic N) is 1. The number of amides is 1. The van der Waals surface area contributed by atoms with E-state index in [1.54, 1.807) is 6.92 Å². The molecule has 0 bridgehead atoms. The summed E-state index contributed by atoms with van der Waals surface area (Å²) >= 11 is 0. The number of nitrogens with two attached hydrogens (primary N) is 1. The summed E-state index contributed by atoms with van der Waals surface area (Å²) in [5.41, 5.74) is 5.64. The highest BCUT2D eigenvalue weighted by Crippen LogP contribution is 2.28. The highest BCUT2D eigenvalue weighted by atomic mass is 32.2. The Bertz CT molecular complexity index is 599. The summed E-state index contributed by atoms with van der Waals surface area (Å²) in [4.78, 5) is 11.7. The molecule has 1 rings (SSSR count). The molecule has 0 saturated carbocycles. The fourth-order valence-corrected chi connectivity index (χ4v) is 2.53. The molecule has 7 nitrogen and oxygen atoms in total. The molecule has 0 aromatic heterocycles. The Morgan fingerprint density at radius 3 is 2.57 bits per heavy atom. The zero-order chi connectivity index (χ0) is 16.0. The number of ether oxygens (including phenoxy) is 1. The van der Waals surface area contributed by atoms with Gasteiger partial charge in [0.05, 0.1) is 17.2 Å². The average Bonchev–Trinajstić information content (AvgIpc) is 2.40. The van der Waals surface area contributed by atoms with E-state index in [-0.39, 0.29) is 23.8 Å². The minimum absolute atomic E-state index is 0.0824. The Morgan fingerprint density at radius 1 is 1.38 bits per heavy atom. The van der Waals surface area contributed by atoms with Gasteiger partial charge in [0.25, 0.3) is 0 Å². The molecule has 0 aliphatic carbocycles. The molecule has 0 heterocycles. The molecule has 1 aromatic carbocycles. The molecule has 0 atom stereocenters. The Kier molecular flexibility index (Phi) is 6.13. The lowest BCUT2D eigenvalue weighted by molar-refractivity contribution is -0.116. The van der Waals surface area contributed by atoms with Crippen molar-refractivity contribution in [3.05, 3.63) is 18.2 Å². The first-order valence-electron chi connectivity index (χ1n) is 6.52. The van der Waals surface area contributed by atoms with Gasteiger partial charge < -0.3 is 15.8 Å². The third-order valence-corrected chi connectivity index (χ3v) is 4.49. The predicted octanol–water partition coefficient (Wildman–Crippen LogP) is 0.623. The first kappa shape index (κ1) is 17.4. The molecular weight excluding hydrogens is 294 g/mol. The van der Waals surface area contributed by atoms with Crippen LogP contribution in [0, 0.1) is 0 Å². The van der Waals surface area contributed by atoms with E-state index in [9.17, 15) is 13.2 Å². The summed E-state index contributed by atoms with van der Waals surface area (Å²) in [5, 5.41) is 2.62. The number of nitrogens with one attached hydrogen (secondary N) is 1. The molecule has 21 heavy (non-hydrogen) atoms. The molecule has 0 unspecified atom stereocenters. The van der Waals surface area contributed by atoms with Gasteiger partial charge in [0.15, 0.2) is 0 Å². The van der Waals surface area contributed by atoms with E-state index < -0.39 is 10.0 Å². The molecule has 0 spiro atoms. The number of hydrogen-bond acceptors (Lipinski definition) is 5. The maximum atomic E-state index is 12.1. The zero-order valence-corrected chi connectivity index (χ0v) is 13.2. The van der Waals surface area contributed by atoms with Crippen LogP contribution in [0.5, 0.6) is 5.75 Å². The van der Waals surface area contributed by atoms with Crippen LogP contribution in [0.3, 0.4) is 0 Å². The lowest BCUT2D eigenvalue weighted by Crippen LogP contribution is -2.23. The molecule has 118 valence electrons. The highest BCUT2D eigenvalue weighted by Gasteiger charge is 2.19. The first-order valence-corrected chi connectivity index (χ1v) is 7.96. The smallest absolute Gasteiger partial charge is 0.242 e. The van der Waals surface area contributed by atoms with E-state index >= 15 is 0 Å². The van der Waals surface area contributed by atoms with Gasteiger partial charge in [0.2, 0.25) is 15.9 Å². The molecule has 1 amide bonds. The third kappa shape index (κ3) is 4.42. The second-order valence-corrected chi connectivity index (χ2v) is 6.62. The van der Waals surface area contributed by atoms with Crippen molar-refractivity contribution < 1.29 is 17.9 Å². The van der Waals surface area contributed by atoms with Gasteiger partial charge in [-0.05, 0) is 25.1 Å². The Labute approximate surface area is 125 Å². The van der Waals surface area contributed by atoms with Crippen molar-refractivity contribution in [3.63, 3.8) is 0 Å². The minimum Gasteiger partial charge on any atom is -0.492 e. The number of sulfonamides is 1. The van der Waals surface area contributed by atoms with Crippen LogP contribution in [0.2, 0.25) is 0 Å². The summed E-state index contributed by atoms with van der Waals surface area (Å²) in [6.45, 7) is 2.42. The Morgan fingerprint density at radius 2 is 2.05 bits per heavy atom. The van der Waals surface area contributed by atoms with Crippen LogP contribution in [0.4, 0.5) is 5.69 Å². The molecule has 0 aliphatic rings. The molecule has 0 aliphatic heterocycles. The summed E-state index contributed by atoms with van der Waals surface area (Å²) in [6.07, 6.45) is 0.149. The van der Waals surface area contributed by atoms with Crippen molar-refractivity contribution in [3.8, 4) is 5.75 Å². The minimum atomic E-state index is -3.58. The van der Waals surface area contributed by atoms with Gasteiger partial charge in [0.1, 0.15) is 5.75 Å². The molecule has 0 saturated heterocycles. The average molecular weight is 315 g/mol. The topological polar surface area (TPSA) is 102 Å². The van der Waals surface area contributed by atoms with Gasteiger partial charge in [-0.1, -0.05) is 0 Å². The number of carbonyl (C=O) groups excluding carboxylic acids is 1. The Hall–Kier alpha value is -1.64. The van der Waals surface area contributed by atoms with E-state index in [4.69, 9.17) is 10.5 Å². The standard InChI is InChI=1S/C13H21N3O4S/c1-4-20-12-6-5-10(21(18,19)16(2)3)9-11(12)15-13(17)7-8-14/h5-6,9H,4,7-8,14H2,1-3H3,(H,15,17). The maximum Gasteiger partial charge on any atom is 0.242 e. The van der Waals surface area contributed by atoms with E-state index in [0.29, 0.717) is 18.0 Å². The normalized spacial score (nSPS) is 11.5. The van der Waals surface area contributed by atoms with Crippen molar-refractivity contribution in [1.82, 2.24) is 4.31 Å². The van der Waals surface area contributed by atoms with Crippen LogP contribution in [0.1, 0.15) is 13.3 Å². The van der Waals surface area contributed by atoms with Crippen LogP contribution in [-0.4, -0.2) is 45.9 Å². The second kappa shape index (κ2) is 7.39. The van der Waals surface area contributed by atoms with Crippen LogP contribution >= 0.6 is 0 Å². The largest absolute Gasteiger partial charge is 0.492 e. The van der Waals surface area contributed by atoms with Gasteiger partial charge in [-0.2, -0.15) is 0 Å². The van der Waals surface area contributed by atoms with Crippen molar-refractivity contribution in [2.24, 2.45) is 5.73 Å². The van der Waals surface area contributed by atoms with Crippen LogP contribution in [0.25, 0.3) is 0 Å².